The zero-order valence-corrected chi connectivity index (χ0v) is 23.6. The zero-order chi connectivity index (χ0) is 29.1. The number of methoxy groups -OCH3 is 2. The van der Waals surface area contributed by atoms with Gasteiger partial charge in [-0.15, -0.1) is 0 Å². The molecule has 0 aromatic heterocycles. The first kappa shape index (κ1) is 28.4. The van der Waals surface area contributed by atoms with Crippen LogP contribution in [0.3, 0.4) is 0 Å². The Bertz CT molecular complexity index is 1550. The van der Waals surface area contributed by atoms with Crippen LogP contribution in [0.25, 0.3) is 0 Å². The third-order valence-electron chi connectivity index (χ3n) is 7.93. The molecule has 2 amide bonds. The molecule has 1 saturated carbocycles. The van der Waals surface area contributed by atoms with E-state index < -0.39 is 11.7 Å². The van der Waals surface area contributed by atoms with E-state index in [4.69, 9.17) is 21.1 Å². The largest absolute Gasteiger partial charge is 0.495 e. The lowest BCUT2D eigenvalue weighted by Crippen LogP contribution is -2.33. The Balaban J connectivity index is 1.39. The summed E-state index contributed by atoms with van der Waals surface area (Å²) >= 11 is 6.09. The molecule has 1 heterocycles. The van der Waals surface area contributed by atoms with Crippen molar-refractivity contribution in [3.8, 4) is 5.75 Å². The molecule has 1 atom stereocenters. The van der Waals surface area contributed by atoms with Crippen LogP contribution in [-0.2, 0) is 16.0 Å². The second kappa shape index (κ2) is 11.7. The Kier molecular flexibility index (Phi) is 8.13. The van der Waals surface area contributed by atoms with Gasteiger partial charge in [0.15, 0.2) is 0 Å². The van der Waals surface area contributed by atoms with Gasteiger partial charge in [0.2, 0.25) is 0 Å². The van der Waals surface area contributed by atoms with Crippen molar-refractivity contribution in [2.24, 2.45) is 5.41 Å². The van der Waals surface area contributed by atoms with Gasteiger partial charge in [-0.1, -0.05) is 35.4 Å². The van der Waals surface area contributed by atoms with Crippen molar-refractivity contribution < 1.29 is 28.2 Å². The molecular formula is C32H30ClFN2O5. The van der Waals surface area contributed by atoms with Crippen molar-refractivity contribution in [3.05, 3.63) is 99.8 Å². The summed E-state index contributed by atoms with van der Waals surface area (Å²) in [5.74, 6) is -1.43. The average molecular weight is 577 g/mol. The SMILES string of the molecule is COC(=O)/C=C1\CC[C@@]2(CCN(C(=O)c3ccc(NC(=O)c4cc(F)ccc4Cl)c(OC)c3)c3ccccc3C2)C1. The van der Waals surface area contributed by atoms with E-state index >= 15 is 0 Å². The number of hydrogen-bond donors (Lipinski definition) is 1. The van der Waals surface area contributed by atoms with Gasteiger partial charge < -0.3 is 19.7 Å². The molecule has 0 saturated heterocycles. The summed E-state index contributed by atoms with van der Waals surface area (Å²) in [6.07, 6.45) is 5.74. The van der Waals surface area contributed by atoms with Crippen LogP contribution >= 0.6 is 11.6 Å². The molecule has 1 N–H and O–H groups in total. The lowest BCUT2D eigenvalue weighted by molar-refractivity contribution is -0.134. The van der Waals surface area contributed by atoms with Crippen molar-refractivity contribution in [2.75, 3.05) is 31.0 Å². The van der Waals surface area contributed by atoms with E-state index in [0.29, 0.717) is 17.8 Å². The normalized spacial score (nSPS) is 19.0. The number of esters is 1. The second-order valence-electron chi connectivity index (χ2n) is 10.5. The number of amides is 2. The Morgan fingerprint density at radius 2 is 1.83 bits per heavy atom. The number of halogens is 2. The van der Waals surface area contributed by atoms with E-state index in [1.807, 2.05) is 18.2 Å². The number of allylic oxidation sites excluding steroid dienone is 1. The molecule has 0 radical (unpaired) electrons. The number of fused-ring (bicyclic) bond motifs is 1. The Morgan fingerprint density at radius 1 is 1.02 bits per heavy atom. The minimum atomic E-state index is -0.601. The number of rotatable bonds is 5. The van der Waals surface area contributed by atoms with Gasteiger partial charge in [-0.25, -0.2) is 9.18 Å². The van der Waals surface area contributed by atoms with Crippen LogP contribution in [0.1, 0.15) is 52.0 Å². The van der Waals surface area contributed by atoms with Gasteiger partial charge in [0.25, 0.3) is 11.8 Å². The molecule has 9 heteroatoms. The van der Waals surface area contributed by atoms with Crippen LogP contribution in [0.2, 0.25) is 5.02 Å². The lowest BCUT2D eigenvalue weighted by Gasteiger charge is -2.27. The first-order valence-electron chi connectivity index (χ1n) is 13.3. The fourth-order valence-corrected chi connectivity index (χ4v) is 6.04. The highest BCUT2D eigenvalue weighted by Gasteiger charge is 2.40. The maximum atomic E-state index is 13.9. The molecule has 0 unspecified atom stereocenters. The quantitative estimate of drug-likeness (QED) is 0.273. The van der Waals surface area contributed by atoms with Gasteiger partial charge in [-0.3, -0.25) is 9.59 Å². The molecule has 3 aromatic carbocycles. The maximum Gasteiger partial charge on any atom is 0.330 e. The third-order valence-corrected chi connectivity index (χ3v) is 8.26. The molecule has 0 bridgehead atoms. The molecule has 1 aliphatic heterocycles. The highest BCUT2D eigenvalue weighted by Crippen LogP contribution is 2.49. The Morgan fingerprint density at radius 3 is 2.61 bits per heavy atom. The topological polar surface area (TPSA) is 84.9 Å². The molecule has 2 aliphatic rings. The molecule has 1 aliphatic carbocycles. The summed E-state index contributed by atoms with van der Waals surface area (Å²) in [5, 5.41) is 2.81. The summed E-state index contributed by atoms with van der Waals surface area (Å²) in [6.45, 7) is 0.514. The number of ether oxygens (including phenoxy) is 2. The van der Waals surface area contributed by atoms with Crippen LogP contribution in [0.15, 0.2) is 72.3 Å². The van der Waals surface area contributed by atoms with Crippen LogP contribution in [0.5, 0.6) is 5.75 Å². The van der Waals surface area contributed by atoms with Crippen molar-refractivity contribution in [1.29, 1.82) is 0 Å². The van der Waals surface area contributed by atoms with Crippen molar-refractivity contribution in [3.63, 3.8) is 0 Å². The molecule has 1 spiro atoms. The molecule has 7 nitrogen and oxygen atoms in total. The first-order valence-corrected chi connectivity index (χ1v) is 13.7. The second-order valence-corrected chi connectivity index (χ2v) is 10.9. The van der Waals surface area contributed by atoms with Crippen LogP contribution in [-0.4, -0.2) is 38.5 Å². The number of hydrogen-bond acceptors (Lipinski definition) is 5. The van der Waals surface area contributed by atoms with E-state index in [2.05, 4.69) is 11.4 Å². The van der Waals surface area contributed by atoms with Crippen molar-refractivity contribution in [2.45, 2.75) is 32.1 Å². The van der Waals surface area contributed by atoms with Crippen LogP contribution < -0.4 is 15.0 Å². The van der Waals surface area contributed by atoms with E-state index in [9.17, 15) is 18.8 Å². The van der Waals surface area contributed by atoms with E-state index in [1.165, 1.54) is 26.4 Å². The van der Waals surface area contributed by atoms with E-state index in [1.54, 1.807) is 29.2 Å². The summed E-state index contributed by atoms with van der Waals surface area (Å²) in [4.78, 5) is 40.4. The Hall–Kier alpha value is -4.17. The predicted molar refractivity (Wildman–Crippen MR) is 155 cm³/mol. The van der Waals surface area contributed by atoms with Gasteiger partial charge in [0, 0.05) is 23.9 Å². The molecular weight excluding hydrogens is 547 g/mol. The fourth-order valence-electron chi connectivity index (χ4n) is 5.84. The summed E-state index contributed by atoms with van der Waals surface area (Å²) in [7, 11) is 2.82. The average Bonchev–Trinajstić information content (AvgIpc) is 3.28. The highest BCUT2D eigenvalue weighted by molar-refractivity contribution is 6.34. The lowest BCUT2D eigenvalue weighted by atomic mass is 9.77. The van der Waals surface area contributed by atoms with E-state index in [-0.39, 0.29) is 33.6 Å². The van der Waals surface area contributed by atoms with Crippen molar-refractivity contribution >= 4 is 40.8 Å². The Labute approximate surface area is 242 Å². The third kappa shape index (κ3) is 5.98. The zero-order valence-electron chi connectivity index (χ0n) is 22.8. The minimum absolute atomic E-state index is 0.0134. The minimum Gasteiger partial charge on any atom is -0.495 e. The molecule has 212 valence electrons. The summed E-state index contributed by atoms with van der Waals surface area (Å²) < 4.78 is 24.0. The molecule has 1 fully saturated rings. The van der Waals surface area contributed by atoms with Gasteiger partial charge >= 0.3 is 5.97 Å². The molecule has 5 rings (SSSR count). The standard InChI is InChI=1S/C32H30ClFN2O5/c1-40-28-16-21(7-10-26(28)35-30(38)24-17-23(34)8-9-25(24)33)31(39)36-14-13-32(19-22-5-3-4-6-27(22)36)12-11-20(18-32)15-29(37)41-2/h3-10,15-17H,11-14,18-19H2,1-2H3,(H,35,38)/b20-15+/t32-/m1/s1. The number of anilines is 2. The monoisotopic (exact) mass is 576 g/mol. The number of carbonyl (C=O) groups excluding carboxylic acids is 3. The number of nitrogens with one attached hydrogen (secondary N) is 1. The molecule has 41 heavy (non-hydrogen) atoms. The predicted octanol–water partition coefficient (Wildman–Crippen LogP) is 6.60. The van der Waals surface area contributed by atoms with Gasteiger partial charge in [0.05, 0.1) is 30.5 Å². The van der Waals surface area contributed by atoms with Crippen LogP contribution in [0.4, 0.5) is 15.8 Å². The van der Waals surface area contributed by atoms with Gasteiger partial charge in [-0.05, 0) is 85.5 Å². The van der Waals surface area contributed by atoms with Crippen LogP contribution in [0, 0.1) is 11.2 Å². The van der Waals surface area contributed by atoms with Gasteiger partial charge in [-0.2, -0.15) is 0 Å². The first-order chi connectivity index (χ1) is 19.7. The highest BCUT2D eigenvalue weighted by atomic mass is 35.5. The van der Waals surface area contributed by atoms with Gasteiger partial charge in [0.1, 0.15) is 11.6 Å². The number of carbonyl (C=O) groups is 3. The van der Waals surface area contributed by atoms with Crippen molar-refractivity contribution in [1.82, 2.24) is 0 Å². The molecule has 3 aromatic rings. The summed E-state index contributed by atoms with van der Waals surface area (Å²) in [5.41, 5.74) is 3.68. The maximum absolute atomic E-state index is 13.9. The smallest absolute Gasteiger partial charge is 0.330 e. The van der Waals surface area contributed by atoms with E-state index in [0.717, 1.165) is 55.0 Å². The number of para-hydroxylation sites is 1. The summed E-state index contributed by atoms with van der Waals surface area (Å²) in [6, 6.07) is 16.3. The number of benzene rings is 3. The fraction of sp³-hybridized carbons (Fsp3) is 0.281. The number of nitrogens with zero attached hydrogens (tertiary/aromatic N) is 1.